The van der Waals surface area contributed by atoms with Crippen LogP contribution in [0.2, 0.25) is 0 Å². The minimum Gasteiger partial charge on any atom is -0.339 e. The van der Waals surface area contributed by atoms with Crippen LogP contribution in [0.5, 0.6) is 0 Å². The zero-order valence-electron chi connectivity index (χ0n) is 18.2. The number of carbonyl (C=O) groups is 2. The van der Waals surface area contributed by atoms with E-state index < -0.39 is 0 Å². The van der Waals surface area contributed by atoms with Crippen molar-refractivity contribution in [1.29, 1.82) is 0 Å². The Hall–Kier alpha value is -2.82. The van der Waals surface area contributed by atoms with Crippen molar-refractivity contribution in [3.05, 3.63) is 70.8 Å². The van der Waals surface area contributed by atoms with Gasteiger partial charge in [-0.05, 0) is 44.0 Å². The first kappa shape index (κ1) is 22.5. The van der Waals surface area contributed by atoms with Crippen molar-refractivity contribution in [2.75, 3.05) is 19.6 Å². The molecule has 0 aliphatic carbocycles. The van der Waals surface area contributed by atoms with Crippen LogP contribution in [0.15, 0.2) is 48.5 Å². The van der Waals surface area contributed by atoms with E-state index >= 15 is 0 Å². The average molecular weight is 396 g/mol. The summed E-state index contributed by atoms with van der Waals surface area (Å²) in [5, 5.41) is 5.84. The fraction of sp³-hybridized carbons (Fsp3) is 0.417. The predicted molar refractivity (Wildman–Crippen MR) is 118 cm³/mol. The van der Waals surface area contributed by atoms with Gasteiger partial charge in [0.25, 0.3) is 5.91 Å². The van der Waals surface area contributed by atoms with Gasteiger partial charge in [-0.15, -0.1) is 0 Å². The Kier molecular flexibility index (Phi) is 7.82. The molecule has 0 heterocycles. The van der Waals surface area contributed by atoms with Gasteiger partial charge >= 0.3 is 6.03 Å². The van der Waals surface area contributed by atoms with E-state index in [9.17, 15) is 9.59 Å². The zero-order chi connectivity index (χ0) is 21.4. The van der Waals surface area contributed by atoms with Crippen LogP contribution in [0.25, 0.3) is 0 Å². The standard InChI is InChI=1S/C24H33N3O2/c1-6-27(7-2)22(28)20-13-11-19(12-14-20)16-25-23(29)26-17-24(4,5)21-10-8-9-18(3)15-21/h8-15H,6-7,16-17H2,1-5H3,(H2,25,26,29). The normalized spacial score (nSPS) is 11.1. The number of hydrogen-bond acceptors (Lipinski definition) is 2. The molecule has 2 aromatic carbocycles. The molecule has 0 aliphatic heterocycles. The van der Waals surface area contributed by atoms with E-state index in [1.807, 2.05) is 44.2 Å². The van der Waals surface area contributed by atoms with Crippen LogP contribution in [0, 0.1) is 6.92 Å². The lowest BCUT2D eigenvalue weighted by atomic mass is 9.84. The average Bonchev–Trinajstić information content (AvgIpc) is 2.72. The first-order valence-corrected chi connectivity index (χ1v) is 10.2. The molecule has 0 fully saturated rings. The highest BCUT2D eigenvalue weighted by molar-refractivity contribution is 5.94. The van der Waals surface area contributed by atoms with Gasteiger partial charge in [-0.1, -0.05) is 55.8 Å². The molecule has 2 aromatic rings. The molecular formula is C24H33N3O2. The van der Waals surface area contributed by atoms with Gasteiger partial charge in [0, 0.05) is 37.2 Å². The second kappa shape index (κ2) is 10.1. The van der Waals surface area contributed by atoms with Gasteiger partial charge in [-0.3, -0.25) is 4.79 Å². The summed E-state index contributed by atoms with van der Waals surface area (Å²) in [4.78, 5) is 26.4. The molecule has 0 bridgehead atoms. The molecule has 0 saturated heterocycles. The van der Waals surface area contributed by atoms with E-state index in [1.165, 1.54) is 11.1 Å². The Balaban J connectivity index is 1.85. The number of rotatable bonds is 8. The fourth-order valence-corrected chi connectivity index (χ4v) is 3.17. The van der Waals surface area contributed by atoms with E-state index in [4.69, 9.17) is 0 Å². The molecular weight excluding hydrogens is 362 g/mol. The van der Waals surface area contributed by atoms with Gasteiger partial charge in [0.15, 0.2) is 0 Å². The predicted octanol–water partition coefficient (Wildman–Crippen LogP) is 4.25. The molecule has 0 aromatic heterocycles. The third-order valence-electron chi connectivity index (χ3n) is 5.20. The molecule has 0 spiro atoms. The van der Waals surface area contributed by atoms with Gasteiger partial charge in [-0.2, -0.15) is 0 Å². The number of aryl methyl sites for hydroxylation is 1. The van der Waals surface area contributed by atoms with Crippen molar-refractivity contribution in [2.45, 2.75) is 46.6 Å². The topological polar surface area (TPSA) is 61.4 Å². The maximum atomic E-state index is 12.3. The Morgan fingerprint density at radius 3 is 2.21 bits per heavy atom. The smallest absolute Gasteiger partial charge is 0.315 e. The summed E-state index contributed by atoms with van der Waals surface area (Å²) < 4.78 is 0. The molecule has 0 saturated carbocycles. The summed E-state index contributed by atoms with van der Waals surface area (Å²) in [6.45, 7) is 12.6. The number of amides is 3. The Labute approximate surface area is 174 Å². The van der Waals surface area contributed by atoms with E-state index in [0.29, 0.717) is 31.7 Å². The molecule has 2 rings (SSSR count). The van der Waals surface area contributed by atoms with Crippen molar-refractivity contribution in [1.82, 2.24) is 15.5 Å². The number of nitrogens with one attached hydrogen (secondary N) is 2. The number of nitrogens with zero attached hydrogens (tertiary/aromatic N) is 1. The first-order valence-electron chi connectivity index (χ1n) is 10.2. The molecule has 156 valence electrons. The molecule has 0 unspecified atom stereocenters. The third-order valence-corrected chi connectivity index (χ3v) is 5.20. The molecule has 0 atom stereocenters. The van der Waals surface area contributed by atoms with Crippen molar-refractivity contribution >= 4 is 11.9 Å². The fourth-order valence-electron chi connectivity index (χ4n) is 3.17. The molecule has 0 radical (unpaired) electrons. The summed E-state index contributed by atoms with van der Waals surface area (Å²) in [7, 11) is 0. The van der Waals surface area contributed by atoms with E-state index in [0.717, 1.165) is 5.56 Å². The van der Waals surface area contributed by atoms with E-state index in [-0.39, 0.29) is 17.4 Å². The summed E-state index contributed by atoms with van der Waals surface area (Å²) in [6.07, 6.45) is 0. The van der Waals surface area contributed by atoms with Gasteiger partial charge < -0.3 is 15.5 Å². The van der Waals surface area contributed by atoms with Crippen LogP contribution in [0.1, 0.15) is 54.7 Å². The minimum atomic E-state index is -0.200. The largest absolute Gasteiger partial charge is 0.339 e. The summed E-state index contributed by atoms with van der Waals surface area (Å²) in [6, 6.07) is 15.6. The molecule has 29 heavy (non-hydrogen) atoms. The second-order valence-electron chi connectivity index (χ2n) is 7.96. The van der Waals surface area contributed by atoms with Gasteiger partial charge in [-0.25, -0.2) is 4.79 Å². The monoisotopic (exact) mass is 395 g/mol. The van der Waals surface area contributed by atoms with Gasteiger partial charge in [0.2, 0.25) is 0 Å². The number of urea groups is 1. The van der Waals surface area contributed by atoms with Gasteiger partial charge in [0.1, 0.15) is 0 Å². The summed E-state index contributed by atoms with van der Waals surface area (Å²) in [5.41, 5.74) is 3.88. The van der Waals surface area contributed by atoms with Crippen molar-refractivity contribution < 1.29 is 9.59 Å². The quantitative estimate of drug-likeness (QED) is 0.702. The highest BCUT2D eigenvalue weighted by Gasteiger charge is 2.21. The van der Waals surface area contributed by atoms with Crippen LogP contribution < -0.4 is 10.6 Å². The maximum Gasteiger partial charge on any atom is 0.315 e. The molecule has 5 nitrogen and oxygen atoms in total. The van der Waals surface area contributed by atoms with Crippen LogP contribution in [0.3, 0.4) is 0 Å². The second-order valence-corrected chi connectivity index (χ2v) is 7.96. The van der Waals surface area contributed by atoms with E-state index in [1.54, 1.807) is 4.90 Å². The SMILES string of the molecule is CCN(CC)C(=O)c1ccc(CNC(=O)NCC(C)(C)c2cccc(C)c2)cc1. The lowest BCUT2D eigenvalue weighted by Crippen LogP contribution is -2.42. The van der Waals surface area contributed by atoms with Crippen molar-refractivity contribution in [2.24, 2.45) is 0 Å². The van der Waals surface area contributed by atoms with Crippen molar-refractivity contribution in [3.8, 4) is 0 Å². The zero-order valence-corrected chi connectivity index (χ0v) is 18.2. The highest BCUT2D eigenvalue weighted by Crippen LogP contribution is 2.23. The number of benzene rings is 2. The molecule has 0 aliphatic rings. The maximum absolute atomic E-state index is 12.3. The Morgan fingerprint density at radius 1 is 0.966 bits per heavy atom. The molecule has 5 heteroatoms. The number of carbonyl (C=O) groups excluding carboxylic acids is 2. The third kappa shape index (κ3) is 6.34. The molecule has 2 N–H and O–H groups in total. The van der Waals surface area contributed by atoms with Crippen molar-refractivity contribution in [3.63, 3.8) is 0 Å². The van der Waals surface area contributed by atoms with Crippen LogP contribution in [-0.2, 0) is 12.0 Å². The summed E-state index contributed by atoms with van der Waals surface area (Å²) >= 11 is 0. The number of hydrogen-bond donors (Lipinski definition) is 2. The first-order chi connectivity index (χ1) is 13.8. The summed E-state index contributed by atoms with van der Waals surface area (Å²) in [5.74, 6) is 0.0330. The van der Waals surface area contributed by atoms with E-state index in [2.05, 4.69) is 49.6 Å². The highest BCUT2D eigenvalue weighted by atomic mass is 16.2. The Morgan fingerprint density at radius 2 is 1.62 bits per heavy atom. The van der Waals surface area contributed by atoms with Crippen LogP contribution in [-0.4, -0.2) is 36.5 Å². The van der Waals surface area contributed by atoms with Crippen LogP contribution >= 0.6 is 0 Å². The minimum absolute atomic E-state index is 0.0330. The lowest BCUT2D eigenvalue weighted by molar-refractivity contribution is 0.0773. The van der Waals surface area contributed by atoms with Gasteiger partial charge in [0.05, 0.1) is 0 Å². The van der Waals surface area contributed by atoms with Crippen LogP contribution in [0.4, 0.5) is 4.79 Å². The molecule has 3 amide bonds. The Bertz CT molecular complexity index is 824. The lowest BCUT2D eigenvalue weighted by Gasteiger charge is -2.26.